The van der Waals surface area contributed by atoms with Crippen LogP contribution >= 0.6 is 28.1 Å². The summed E-state index contributed by atoms with van der Waals surface area (Å²) in [6, 6.07) is 11.9. The van der Waals surface area contributed by atoms with Crippen LogP contribution in [0.2, 0.25) is 0 Å². The van der Waals surface area contributed by atoms with Crippen LogP contribution in [-0.2, 0) is 4.74 Å². The van der Waals surface area contributed by atoms with Gasteiger partial charge in [-0.15, -0.1) is 0 Å². The molecule has 0 saturated heterocycles. The summed E-state index contributed by atoms with van der Waals surface area (Å²) in [5.74, 6) is 0.164. The van der Waals surface area contributed by atoms with Crippen LogP contribution in [0, 0.1) is 0 Å². The minimum atomic E-state index is -0.340. The van der Waals surface area contributed by atoms with Gasteiger partial charge < -0.3 is 20.1 Å². The fraction of sp³-hybridized carbons (Fsp3) is 0.318. The molecule has 0 bridgehead atoms. The zero-order valence-electron chi connectivity index (χ0n) is 17.5. The molecule has 166 valence electrons. The van der Waals surface area contributed by atoms with Crippen molar-refractivity contribution in [1.82, 2.24) is 10.6 Å². The zero-order valence-corrected chi connectivity index (χ0v) is 19.9. The van der Waals surface area contributed by atoms with Crippen molar-refractivity contribution in [2.45, 2.75) is 19.8 Å². The summed E-state index contributed by atoms with van der Waals surface area (Å²) in [5, 5.41) is 8.48. The van der Waals surface area contributed by atoms with E-state index in [4.69, 9.17) is 21.7 Å². The van der Waals surface area contributed by atoms with Gasteiger partial charge in [-0.05, 0) is 77.0 Å². The molecule has 7 nitrogen and oxygen atoms in total. The minimum Gasteiger partial charge on any atom is -0.492 e. The Morgan fingerprint density at radius 1 is 1.03 bits per heavy atom. The molecular weight excluding hydrogens is 482 g/mol. The number of carbonyl (C=O) groups excluding carboxylic acids is 2. The normalized spacial score (nSPS) is 10.3. The van der Waals surface area contributed by atoms with Crippen molar-refractivity contribution in [1.29, 1.82) is 0 Å². The van der Waals surface area contributed by atoms with E-state index in [1.54, 1.807) is 49.6 Å². The molecule has 2 aromatic rings. The maximum atomic E-state index is 12.5. The molecule has 0 saturated carbocycles. The molecule has 2 aromatic carbocycles. The zero-order chi connectivity index (χ0) is 22.6. The fourth-order valence-electron chi connectivity index (χ4n) is 2.50. The summed E-state index contributed by atoms with van der Waals surface area (Å²) in [5.41, 5.74) is 1.62. The number of ether oxygens (including phenoxy) is 2. The van der Waals surface area contributed by atoms with Gasteiger partial charge >= 0.3 is 0 Å². The van der Waals surface area contributed by atoms with Crippen LogP contribution in [0.4, 0.5) is 5.69 Å². The smallest absolute Gasteiger partial charge is 0.257 e. The summed E-state index contributed by atoms with van der Waals surface area (Å²) in [6.45, 7) is 3.61. The number of amides is 2. The van der Waals surface area contributed by atoms with Gasteiger partial charge in [0, 0.05) is 30.5 Å². The van der Waals surface area contributed by atoms with Crippen molar-refractivity contribution < 1.29 is 19.1 Å². The first-order valence-corrected chi connectivity index (χ1v) is 11.1. The molecule has 0 radical (unpaired) electrons. The van der Waals surface area contributed by atoms with Gasteiger partial charge in [-0.2, -0.15) is 0 Å². The summed E-state index contributed by atoms with van der Waals surface area (Å²) in [7, 11) is 1.57. The predicted molar refractivity (Wildman–Crippen MR) is 129 cm³/mol. The molecule has 0 aliphatic heterocycles. The number of halogens is 1. The molecular formula is C22H26BrN3O4S. The van der Waals surface area contributed by atoms with Crippen molar-refractivity contribution in [3.8, 4) is 5.75 Å². The lowest BCUT2D eigenvalue weighted by Crippen LogP contribution is -2.34. The van der Waals surface area contributed by atoms with Gasteiger partial charge in [0.25, 0.3) is 11.8 Å². The van der Waals surface area contributed by atoms with E-state index in [1.807, 2.05) is 0 Å². The van der Waals surface area contributed by atoms with Crippen LogP contribution in [0.25, 0.3) is 0 Å². The highest BCUT2D eigenvalue weighted by molar-refractivity contribution is 9.10. The molecule has 0 fully saturated rings. The Morgan fingerprint density at radius 2 is 1.74 bits per heavy atom. The molecule has 2 amide bonds. The van der Waals surface area contributed by atoms with Gasteiger partial charge in [0.05, 0.1) is 17.7 Å². The van der Waals surface area contributed by atoms with Crippen molar-refractivity contribution in [2.24, 2.45) is 0 Å². The minimum absolute atomic E-state index is 0.154. The Kier molecular flexibility index (Phi) is 10.4. The highest BCUT2D eigenvalue weighted by Gasteiger charge is 2.11. The molecule has 2 rings (SSSR count). The number of hydrogen-bond donors (Lipinski definition) is 3. The summed E-state index contributed by atoms with van der Waals surface area (Å²) < 4.78 is 11.3. The molecule has 0 spiro atoms. The van der Waals surface area contributed by atoms with Gasteiger partial charge in [0.15, 0.2) is 5.11 Å². The number of rotatable bonds is 10. The Hall–Kier alpha value is -2.49. The van der Waals surface area contributed by atoms with E-state index in [9.17, 15) is 9.59 Å². The van der Waals surface area contributed by atoms with E-state index < -0.39 is 0 Å². The number of nitrogens with one attached hydrogen (secondary N) is 3. The SMILES string of the molecule is CCCCOc1ccc(C(=O)NC(=S)Nc2ccc(C(=O)NCCOC)cc2)cc1Br. The second-order valence-corrected chi connectivity index (χ2v) is 7.84. The molecule has 9 heteroatoms. The van der Waals surface area contributed by atoms with E-state index in [0.717, 1.165) is 12.8 Å². The quantitative estimate of drug-likeness (QED) is 0.331. The van der Waals surface area contributed by atoms with Gasteiger partial charge in [0.1, 0.15) is 5.75 Å². The van der Waals surface area contributed by atoms with Crippen molar-refractivity contribution >= 4 is 50.8 Å². The number of hydrogen-bond acceptors (Lipinski definition) is 5. The molecule has 3 N–H and O–H groups in total. The lowest BCUT2D eigenvalue weighted by atomic mass is 10.2. The van der Waals surface area contributed by atoms with Crippen LogP contribution < -0.4 is 20.7 Å². The average molecular weight is 508 g/mol. The highest BCUT2D eigenvalue weighted by Crippen LogP contribution is 2.26. The van der Waals surface area contributed by atoms with Crippen LogP contribution in [0.3, 0.4) is 0 Å². The summed E-state index contributed by atoms with van der Waals surface area (Å²) in [4.78, 5) is 24.5. The lowest BCUT2D eigenvalue weighted by Gasteiger charge is -2.12. The number of benzene rings is 2. The predicted octanol–water partition coefficient (Wildman–Crippen LogP) is 4.13. The van der Waals surface area contributed by atoms with Gasteiger partial charge in [-0.3, -0.25) is 14.9 Å². The van der Waals surface area contributed by atoms with Crippen molar-refractivity contribution in [2.75, 3.05) is 32.2 Å². The summed E-state index contributed by atoms with van der Waals surface area (Å²) >= 11 is 8.66. The number of unbranched alkanes of at least 4 members (excludes halogenated alkanes) is 1. The van der Waals surface area contributed by atoms with E-state index in [0.29, 0.717) is 46.8 Å². The monoisotopic (exact) mass is 507 g/mol. The van der Waals surface area contributed by atoms with Crippen LogP contribution in [0.15, 0.2) is 46.9 Å². The Bertz CT molecular complexity index is 906. The summed E-state index contributed by atoms with van der Waals surface area (Å²) in [6.07, 6.45) is 2.01. The first-order valence-electron chi connectivity index (χ1n) is 9.86. The lowest BCUT2D eigenvalue weighted by molar-refractivity contribution is 0.0935. The fourth-order valence-corrected chi connectivity index (χ4v) is 3.20. The molecule has 0 aromatic heterocycles. The third-order valence-electron chi connectivity index (χ3n) is 4.17. The first kappa shape index (κ1) is 24.8. The number of anilines is 1. The average Bonchev–Trinajstić information content (AvgIpc) is 2.75. The van der Waals surface area contributed by atoms with Gasteiger partial charge in [0.2, 0.25) is 0 Å². The third kappa shape index (κ3) is 8.28. The van der Waals surface area contributed by atoms with Crippen LogP contribution in [0.5, 0.6) is 5.75 Å². The maximum Gasteiger partial charge on any atom is 0.257 e. The maximum absolute atomic E-state index is 12.5. The number of thiocarbonyl (C=S) groups is 1. The van der Waals surface area contributed by atoms with Crippen LogP contribution in [-0.4, -0.2) is 43.8 Å². The first-order chi connectivity index (χ1) is 14.9. The molecule has 31 heavy (non-hydrogen) atoms. The molecule has 0 aliphatic rings. The van der Waals surface area contributed by atoms with Crippen molar-refractivity contribution in [3.63, 3.8) is 0 Å². The van der Waals surface area contributed by atoms with E-state index in [-0.39, 0.29) is 16.9 Å². The van der Waals surface area contributed by atoms with Gasteiger partial charge in [-0.1, -0.05) is 13.3 Å². The van der Waals surface area contributed by atoms with Crippen LogP contribution in [0.1, 0.15) is 40.5 Å². The largest absolute Gasteiger partial charge is 0.492 e. The van der Waals surface area contributed by atoms with Crippen molar-refractivity contribution in [3.05, 3.63) is 58.1 Å². The van der Waals surface area contributed by atoms with E-state index >= 15 is 0 Å². The topological polar surface area (TPSA) is 88.7 Å². The van der Waals surface area contributed by atoms with E-state index in [1.165, 1.54) is 0 Å². The second kappa shape index (κ2) is 13.0. The molecule has 0 atom stereocenters. The van der Waals surface area contributed by atoms with E-state index in [2.05, 4.69) is 38.8 Å². The Morgan fingerprint density at radius 3 is 2.39 bits per heavy atom. The Balaban J connectivity index is 1.88. The molecule has 0 aliphatic carbocycles. The third-order valence-corrected chi connectivity index (χ3v) is 5.00. The molecule has 0 heterocycles. The Labute approximate surface area is 196 Å². The number of carbonyl (C=O) groups is 2. The molecule has 0 unspecified atom stereocenters. The second-order valence-electron chi connectivity index (χ2n) is 6.58. The highest BCUT2D eigenvalue weighted by atomic mass is 79.9. The standard InChI is InChI=1S/C22H26BrN3O4S/c1-3-4-12-30-19-10-7-16(14-18(19)23)21(28)26-22(31)25-17-8-5-15(6-9-17)20(27)24-11-13-29-2/h5-10,14H,3-4,11-13H2,1-2H3,(H,24,27)(H2,25,26,28,31). The van der Waals surface area contributed by atoms with Gasteiger partial charge in [-0.25, -0.2) is 0 Å². The number of methoxy groups -OCH3 is 1.